The van der Waals surface area contributed by atoms with E-state index in [4.69, 9.17) is 9.84 Å². The zero-order chi connectivity index (χ0) is 12.1. The molecule has 0 aromatic carbocycles. The van der Waals surface area contributed by atoms with Gasteiger partial charge in [0.2, 0.25) is 0 Å². The highest BCUT2D eigenvalue weighted by Crippen LogP contribution is 2.06. The van der Waals surface area contributed by atoms with Crippen molar-refractivity contribution in [2.75, 3.05) is 27.2 Å². The summed E-state index contributed by atoms with van der Waals surface area (Å²) in [5.41, 5.74) is -0.489. The number of carbonyl (C=O) groups excluding carboxylic acids is 1. The van der Waals surface area contributed by atoms with Crippen molar-refractivity contribution in [3.8, 4) is 0 Å². The van der Waals surface area contributed by atoms with Gasteiger partial charge in [-0.1, -0.05) is 0 Å². The monoisotopic (exact) mass is 218 g/mol. The molecule has 0 aliphatic rings. The number of hydrogen-bond donors (Lipinski definition) is 2. The maximum absolute atomic E-state index is 11.3. The molecular weight excluding hydrogens is 196 g/mol. The summed E-state index contributed by atoms with van der Waals surface area (Å²) in [5, 5.41) is 11.6. The molecule has 0 fully saturated rings. The average molecular weight is 218 g/mol. The lowest BCUT2D eigenvalue weighted by Gasteiger charge is -2.24. The molecule has 0 rings (SSSR count). The Morgan fingerprint density at radius 3 is 2.33 bits per heavy atom. The molecular formula is C10H22N2O3. The molecule has 0 aliphatic carbocycles. The fraction of sp³-hybridized carbons (Fsp3) is 0.900. The topological polar surface area (TPSA) is 61.8 Å². The Labute approximate surface area is 91.4 Å². The van der Waals surface area contributed by atoms with Crippen molar-refractivity contribution in [3.05, 3.63) is 0 Å². The van der Waals surface area contributed by atoms with Crippen molar-refractivity contribution in [1.82, 2.24) is 10.2 Å². The lowest BCUT2D eigenvalue weighted by Crippen LogP contribution is -2.44. The molecule has 2 N–H and O–H groups in total. The van der Waals surface area contributed by atoms with Gasteiger partial charge in [-0.2, -0.15) is 0 Å². The molecule has 0 saturated heterocycles. The van der Waals surface area contributed by atoms with Gasteiger partial charge in [-0.15, -0.1) is 0 Å². The second kappa shape index (κ2) is 5.92. The van der Waals surface area contributed by atoms with E-state index in [0.717, 1.165) is 0 Å². The molecule has 0 aromatic heterocycles. The number of alkyl carbamates (subject to hydrolysis) is 1. The molecule has 0 aromatic rings. The number of amides is 1. The Kier molecular flexibility index (Phi) is 5.60. The molecule has 0 spiro atoms. The Balaban J connectivity index is 3.89. The fourth-order valence-electron chi connectivity index (χ4n) is 0.926. The molecule has 0 aliphatic heterocycles. The molecule has 0 bridgehead atoms. The first-order valence-corrected chi connectivity index (χ1v) is 5.00. The third-order valence-corrected chi connectivity index (χ3v) is 1.82. The van der Waals surface area contributed by atoms with E-state index in [0.29, 0.717) is 6.54 Å². The van der Waals surface area contributed by atoms with Crippen molar-refractivity contribution in [1.29, 1.82) is 0 Å². The van der Waals surface area contributed by atoms with Gasteiger partial charge in [-0.05, 0) is 34.9 Å². The van der Waals surface area contributed by atoms with Gasteiger partial charge in [0.05, 0.1) is 6.61 Å². The summed E-state index contributed by atoms with van der Waals surface area (Å²) >= 11 is 0. The second-order valence-electron chi connectivity index (χ2n) is 4.68. The van der Waals surface area contributed by atoms with Crippen molar-refractivity contribution >= 4 is 6.09 Å². The van der Waals surface area contributed by atoms with Crippen LogP contribution in [-0.4, -0.2) is 55.0 Å². The second-order valence-corrected chi connectivity index (χ2v) is 4.68. The Morgan fingerprint density at radius 1 is 1.47 bits per heavy atom. The van der Waals surface area contributed by atoms with Crippen LogP contribution in [0.2, 0.25) is 0 Å². The molecule has 5 nitrogen and oxygen atoms in total. The number of rotatable bonds is 4. The minimum Gasteiger partial charge on any atom is -0.444 e. The molecule has 1 atom stereocenters. The van der Waals surface area contributed by atoms with E-state index in [2.05, 4.69) is 5.32 Å². The number of nitrogens with zero attached hydrogens (tertiary/aromatic N) is 1. The highest BCUT2D eigenvalue weighted by Gasteiger charge is 2.17. The molecule has 1 amide bonds. The number of likely N-dealkylation sites (N-methyl/N-ethyl adjacent to an activating group) is 1. The van der Waals surface area contributed by atoms with E-state index in [-0.39, 0.29) is 12.6 Å². The number of hydrogen-bond acceptors (Lipinski definition) is 4. The predicted octanol–water partition coefficient (Wildman–Crippen LogP) is 0.434. The van der Waals surface area contributed by atoms with Crippen LogP contribution in [0.25, 0.3) is 0 Å². The molecule has 0 saturated carbocycles. The average Bonchev–Trinajstić information content (AvgIpc) is 2.01. The van der Waals surface area contributed by atoms with Gasteiger partial charge in [0.15, 0.2) is 0 Å². The number of ether oxygens (including phenoxy) is 1. The molecule has 15 heavy (non-hydrogen) atoms. The maximum Gasteiger partial charge on any atom is 0.407 e. The predicted molar refractivity (Wildman–Crippen MR) is 58.8 cm³/mol. The van der Waals surface area contributed by atoms with E-state index in [1.54, 1.807) is 0 Å². The first-order valence-electron chi connectivity index (χ1n) is 5.00. The van der Waals surface area contributed by atoms with Crippen molar-refractivity contribution in [2.24, 2.45) is 0 Å². The Hall–Kier alpha value is -0.810. The van der Waals surface area contributed by atoms with Crippen LogP contribution < -0.4 is 5.32 Å². The summed E-state index contributed by atoms with van der Waals surface area (Å²) in [4.78, 5) is 13.1. The molecule has 0 heterocycles. The summed E-state index contributed by atoms with van der Waals surface area (Å²) < 4.78 is 5.06. The largest absolute Gasteiger partial charge is 0.444 e. The summed E-state index contributed by atoms with van der Waals surface area (Å²) in [6.45, 7) is 5.80. The number of carbonyl (C=O) groups is 1. The van der Waals surface area contributed by atoms with Crippen molar-refractivity contribution < 1.29 is 14.6 Å². The van der Waals surface area contributed by atoms with Gasteiger partial charge >= 0.3 is 6.09 Å². The first-order chi connectivity index (χ1) is 6.76. The van der Waals surface area contributed by atoms with Gasteiger partial charge < -0.3 is 20.1 Å². The van der Waals surface area contributed by atoms with Gasteiger partial charge in [-0.25, -0.2) is 4.79 Å². The summed E-state index contributed by atoms with van der Waals surface area (Å²) in [6.07, 6.45) is -0.456. The van der Waals surface area contributed by atoms with Crippen LogP contribution in [0.1, 0.15) is 20.8 Å². The summed E-state index contributed by atoms with van der Waals surface area (Å²) in [5.74, 6) is 0. The molecule has 0 radical (unpaired) electrons. The normalized spacial score (nSPS) is 13.8. The minimum atomic E-state index is -0.489. The minimum absolute atomic E-state index is 0.00278. The standard InChI is InChI=1S/C10H22N2O3/c1-10(2,3)15-9(14)11-6-8(7-13)12(4)5/h8,13H,6-7H2,1-5H3,(H,11,14)/t8-/m1/s1. The smallest absolute Gasteiger partial charge is 0.407 e. The highest BCUT2D eigenvalue weighted by molar-refractivity contribution is 5.67. The van der Waals surface area contributed by atoms with Crippen LogP contribution in [0.4, 0.5) is 4.79 Å². The van der Waals surface area contributed by atoms with E-state index in [1.165, 1.54) is 0 Å². The third kappa shape index (κ3) is 7.16. The van der Waals surface area contributed by atoms with E-state index in [1.807, 2.05) is 39.8 Å². The maximum atomic E-state index is 11.3. The summed E-state index contributed by atoms with van der Waals surface area (Å²) in [6, 6.07) is -0.0856. The zero-order valence-corrected chi connectivity index (χ0v) is 10.2. The lowest BCUT2D eigenvalue weighted by atomic mass is 10.2. The SMILES string of the molecule is CN(C)[C@@H](CO)CNC(=O)OC(C)(C)C. The first kappa shape index (κ1) is 14.2. The van der Waals surface area contributed by atoms with E-state index in [9.17, 15) is 4.79 Å². The van der Waals surface area contributed by atoms with Gasteiger partial charge in [0.1, 0.15) is 5.60 Å². The van der Waals surface area contributed by atoms with Crippen LogP contribution in [-0.2, 0) is 4.74 Å². The number of aliphatic hydroxyl groups excluding tert-OH is 1. The number of aliphatic hydroxyl groups is 1. The lowest BCUT2D eigenvalue weighted by molar-refractivity contribution is 0.0504. The molecule has 5 heteroatoms. The van der Waals surface area contributed by atoms with Crippen molar-refractivity contribution in [2.45, 2.75) is 32.4 Å². The van der Waals surface area contributed by atoms with Crippen LogP contribution in [0, 0.1) is 0 Å². The quantitative estimate of drug-likeness (QED) is 0.718. The Bertz CT molecular complexity index is 199. The van der Waals surface area contributed by atoms with Crippen LogP contribution in [0.3, 0.4) is 0 Å². The Morgan fingerprint density at radius 2 is 2.00 bits per heavy atom. The molecule has 90 valence electrons. The fourth-order valence-corrected chi connectivity index (χ4v) is 0.926. The van der Waals surface area contributed by atoms with Gasteiger partial charge in [0.25, 0.3) is 0 Å². The number of nitrogens with one attached hydrogen (secondary N) is 1. The van der Waals surface area contributed by atoms with Gasteiger partial charge in [0, 0.05) is 12.6 Å². The van der Waals surface area contributed by atoms with Crippen LogP contribution in [0.15, 0.2) is 0 Å². The van der Waals surface area contributed by atoms with Crippen LogP contribution >= 0.6 is 0 Å². The van der Waals surface area contributed by atoms with E-state index >= 15 is 0 Å². The highest BCUT2D eigenvalue weighted by atomic mass is 16.6. The zero-order valence-electron chi connectivity index (χ0n) is 10.2. The third-order valence-electron chi connectivity index (χ3n) is 1.82. The van der Waals surface area contributed by atoms with Crippen molar-refractivity contribution in [3.63, 3.8) is 0 Å². The summed E-state index contributed by atoms with van der Waals surface area (Å²) in [7, 11) is 3.69. The van der Waals surface area contributed by atoms with Gasteiger partial charge in [-0.3, -0.25) is 0 Å². The van der Waals surface area contributed by atoms with Crippen LogP contribution in [0.5, 0.6) is 0 Å². The van der Waals surface area contributed by atoms with E-state index < -0.39 is 11.7 Å². The molecule has 0 unspecified atom stereocenters.